The molecule has 0 aromatic rings. The Bertz CT molecular complexity index is 430. The van der Waals surface area contributed by atoms with Gasteiger partial charge in [0, 0.05) is 9.52 Å². The fourth-order valence-corrected chi connectivity index (χ4v) is 3.33. The van der Waals surface area contributed by atoms with Gasteiger partial charge in [-0.3, -0.25) is 0 Å². The maximum atomic E-state index is 2.37. The van der Waals surface area contributed by atoms with Crippen molar-refractivity contribution in [2.75, 3.05) is 0 Å². The summed E-state index contributed by atoms with van der Waals surface area (Å²) < 4.78 is 0. The first kappa shape index (κ1) is 21.8. The summed E-state index contributed by atoms with van der Waals surface area (Å²) in [5.74, 6) is 1.77. The van der Waals surface area contributed by atoms with Crippen LogP contribution in [0.5, 0.6) is 0 Å². The van der Waals surface area contributed by atoms with E-state index in [1.165, 1.54) is 38.5 Å². The summed E-state index contributed by atoms with van der Waals surface area (Å²) in [7, 11) is 0.731. The number of hydrogen-bond donors (Lipinski definition) is 0. The van der Waals surface area contributed by atoms with E-state index in [2.05, 4.69) is 69.7 Å². The van der Waals surface area contributed by atoms with Crippen LogP contribution in [0.4, 0.5) is 0 Å². The van der Waals surface area contributed by atoms with Crippen LogP contribution in [0.25, 0.3) is 0 Å². The molecule has 2 fully saturated rings. The van der Waals surface area contributed by atoms with Crippen LogP contribution in [0.3, 0.4) is 0 Å². The summed E-state index contributed by atoms with van der Waals surface area (Å²) in [6.07, 6.45) is 26.1. The smallest absolute Gasteiger partial charge is 0.227 e. The van der Waals surface area contributed by atoms with Crippen molar-refractivity contribution in [2.24, 2.45) is 11.8 Å². The third kappa shape index (κ3) is 7.36. The van der Waals surface area contributed by atoms with Crippen molar-refractivity contribution < 1.29 is 26.2 Å². The quantitative estimate of drug-likeness (QED) is 0.349. The Labute approximate surface area is 171 Å². The normalized spacial score (nSPS) is 25.3. The minimum Gasteiger partial charge on any atom is -0.227 e. The van der Waals surface area contributed by atoms with Crippen LogP contribution in [0.2, 0.25) is 12.1 Å². The predicted molar refractivity (Wildman–Crippen MR) is 106 cm³/mol. The van der Waals surface area contributed by atoms with Crippen LogP contribution < -0.4 is 0 Å². The molecule has 2 unspecified atom stereocenters. The van der Waals surface area contributed by atoms with Gasteiger partial charge >= 0.3 is 26.2 Å². The zero-order chi connectivity index (χ0) is 16.5. The molecule has 4 rings (SSSR count). The van der Waals surface area contributed by atoms with Gasteiger partial charge in [-0.15, -0.1) is 37.1 Å². The fourth-order valence-electron chi connectivity index (χ4n) is 3.33. The maximum Gasteiger partial charge on any atom is 2.00 e. The Hall–Kier alpha value is -0.200. The largest absolute Gasteiger partial charge is 2.00 e. The SMILES string of the molecule is C1=CCC2CC[CH-]C2=C1.C1=CCC2CC[CH-]C2=C1.C[SiH]C(C)C.[Zr+2]. The molecule has 0 spiro atoms. The molecule has 129 valence electrons. The summed E-state index contributed by atoms with van der Waals surface area (Å²) >= 11 is 0. The zero-order valence-electron chi connectivity index (χ0n) is 15.7. The van der Waals surface area contributed by atoms with E-state index in [0.29, 0.717) is 0 Å². The van der Waals surface area contributed by atoms with Gasteiger partial charge < -0.3 is 0 Å². The number of rotatable bonds is 1. The molecule has 2 saturated carbocycles. The molecule has 0 aliphatic heterocycles. The molecule has 0 heterocycles. The van der Waals surface area contributed by atoms with Gasteiger partial charge in [-0.2, -0.15) is 0 Å². The Balaban J connectivity index is 0.000000185. The molecule has 0 N–H and O–H groups in total. The molecular weight excluding hydrogens is 384 g/mol. The molecule has 2 atom stereocenters. The summed E-state index contributed by atoms with van der Waals surface area (Å²) in [6, 6.07) is 0. The zero-order valence-corrected chi connectivity index (χ0v) is 19.3. The van der Waals surface area contributed by atoms with E-state index in [1.807, 2.05) is 0 Å². The molecule has 4 aliphatic rings. The predicted octanol–water partition coefficient (Wildman–Crippen LogP) is 6.27. The first-order valence-corrected chi connectivity index (χ1v) is 11.2. The van der Waals surface area contributed by atoms with Gasteiger partial charge in [0.2, 0.25) is 0 Å². The van der Waals surface area contributed by atoms with Gasteiger partial charge in [0.15, 0.2) is 0 Å². The van der Waals surface area contributed by atoms with Gasteiger partial charge in [-0.25, -0.2) is 36.1 Å². The van der Waals surface area contributed by atoms with Crippen molar-refractivity contribution in [2.45, 2.75) is 64.5 Å². The van der Waals surface area contributed by atoms with Crippen LogP contribution in [0.15, 0.2) is 47.6 Å². The molecule has 2 heteroatoms. The fraction of sp³-hybridized carbons (Fsp3) is 0.545. The second-order valence-electron chi connectivity index (χ2n) is 7.20. The maximum absolute atomic E-state index is 2.37. The minimum atomic E-state index is 0. The van der Waals surface area contributed by atoms with Crippen LogP contribution >= 0.6 is 0 Å². The Kier molecular flexibility index (Phi) is 11.1. The second kappa shape index (κ2) is 12.2. The van der Waals surface area contributed by atoms with Crippen molar-refractivity contribution in [3.05, 3.63) is 60.4 Å². The monoisotopic (exact) mass is 415 g/mol. The van der Waals surface area contributed by atoms with Crippen molar-refractivity contribution in [1.82, 2.24) is 0 Å². The Morgan fingerprint density at radius 3 is 1.67 bits per heavy atom. The molecule has 0 nitrogen and oxygen atoms in total. The third-order valence-electron chi connectivity index (χ3n) is 5.09. The van der Waals surface area contributed by atoms with Crippen molar-refractivity contribution in [3.63, 3.8) is 0 Å². The molecule has 0 amide bonds. The third-order valence-corrected chi connectivity index (χ3v) is 6.42. The molecule has 0 saturated heterocycles. The number of allylic oxidation sites excluding steroid dienone is 8. The Morgan fingerprint density at radius 1 is 0.917 bits per heavy atom. The van der Waals surface area contributed by atoms with E-state index in [0.717, 1.165) is 26.9 Å². The molecule has 1 radical (unpaired) electrons. The summed E-state index contributed by atoms with van der Waals surface area (Å²) in [6.45, 7) is 6.80. The average Bonchev–Trinajstić information content (AvgIpc) is 3.24. The van der Waals surface area contributed by atoms with Crippen molar-refractivity contribution in [1.29, 1.82) is 0 Å². The number of hydrogen-bond acceptors (Lipinski definition) is 0. The van der Waals surface area contributed by atoms with E-state index in [9.17, 15) is 0 Å². The molecule has 4 aliphatic carbocycles. The van der Waals surface area contributed by atoms with E-state index in [-0.39, 0.29) is 26.2 Å². The molecule has 0 aromatic carbocycles. The van der Waals surface area contributed by atoms with E-state index < -0.39 is 0 Å². The first-order valence-electron chi connectivity index (χ1n) is 9.40. The molecule has 0 bridgehead atoms. The van der Waals surface area contributed by atoms with Crippen LogP contribution in [0, 0.1) is 24.7 Å². The molecule has 0 aromatic heterocycles. The van der Waals surface area contributed by atoms with Crippen LogP contribution in [0.1, 0.15) is 52.4 Å². The van der Waals surface area contributed by atoms with E-state index in [4.69, 9.17) is 0 Å². The van der Waals surface area contributed by atoms with Gasteiger partial charge in [0.25, 0.3) is 0 Å². The average molecular weight is 417 g/mol. The summed E-state index contributed by atoms with van der Waals surface area (Å²) in [4.78, 5) is 0. The van der Waals surface area contributed by atoms with Crippen LogP contribution in [-0.2, 0) is 26.2 Å². The summed E-state index contributed by atoms with van der Waals surface area (Å²) in [5.41, 5.74) is 4.13. The first-order chi connectivity index (χ1) is 11.2. The van der Waals surface area contributed by atoms with Crippen molar-refractivity contribution >= 4 is 9.52 Å². The van der Waals surface area contributed by atoms with Crippen LogP contribution in [-0.4, -0.2) is 9.52 Å². The minimum absolute atomic E-state index is 0. The standard InChI is InChI=1S/2C9H11.C4H11Si.Zr/c2*1-2-5-9-7-3-6-8(9)4-1;1-4(2)5-3;/h2*1-2,4,6,9H,3,5,7H2;4-5H,1-3H3;/q2*-1;;+2. The molecular formula is C22H33SiZr. The van der Waals surface area contributed by atoms with E-state index >= 15 is 0 Å². The summed E-state index contributed by atoms with van der Waals surface area (Å²) in [5, 5.41) is 0. The van der Waals surface area contributed by atoms with Gasteiger partial charge in [-0.05, 0) is 24.7 Å². The van der Waals surface area contributed by atoms with Gasteiger partial charge in [0.1, 0.15) is 0 Å². The van der Waals surface area contributed by atoms with E-state index in [1.54, 1.807) is 11.1 Å². The van der Waals surface area contributed by atoms with Gasteiger partial charge in [0.05, 0.1) is 0 Å². The Morgan fingerprint density at radius 2 is 1.33 bits per heavy atom. The second-order valence-corrected chi connectivity index (χ2v) is 9.20. The molecule has 24 heavy (non-hydrogen) atoms. The number of fused-ring (bicyclic) bond motifs is 2. The topological polar surface area (TPSA) is 0 Å². The van der Waals surface area contributed by atoms with Gasteiger partial charge in [-0.1, -0.05) is 38.8 Å². The van der Waals surface area contributed by atoms with Crippen molar-refractivity contribution in [3.8, 4) is 0 Å².